The van der Waals surface area contributed by atoms with E-state index in [2.05, 4.69) is 0 Å². The molecule has 2 N–H and O–H groups in total. The number of carbonyl (C=O) groups is 1. The molecule has 10 heteroatoms. The van der Waals surface area contributed by atoms with E-state index in [0.29, 0.717) is 25.0 Å². The van der Waals surface area contributed by atoms with Crippen LogP contribution >= 0.6 is 11.3 Å². The highest BCUT2D eigenvalue weighted by molar-refractivity contribution is 7.89. The van der Waals surface area contributed by atoms with Gasteiger partial charge in [-0.05, 0) is 78.2 Å². The molecule has 0 saturated carbocycles. The molecule has 0 aliphatic carbocycles. The fourth-order valence-electron chi connectivity index (χ4n) is 4.60. The number of benzene rings is 2. The molecule has 4 rings (SSSR count). The molecule has 2 heterocycles. The molecule has 3 aromatic rings. The summed E-state index contributed by atoms with van der Waals surface area (Å²) in [4.78, 5) is 14.2. The first kappa shape index (κ1) is 25.2. The van der Waals surface area contributed by atoms with Crippen molar-refractivity contribution in [2.24, 2.45) is 0 Å². The van der Waals surface area contributed by atoms with Crippen molar-refractivity contribution in [3.8, 4) is 11.5 Å². The number of thiophene rings is 1. The number of fused-ring (bicyclic) bond motifs is 1. The molecule has 0 bridgehead atoms. The summed E-state index contributed by atoms with van der Waals surface area (Å²) in [6.45, 7) is 0.121. The molecule has 186 valence electrons. The standard InChI is InChI=1S/C25H28N2O6S2/c1-32-18-7-9-20(10-8-18)35(30,31)27-14-12-23-21(13-15-34-23)22(24(27)25(28)26-29)11-6-17-4-3-5-19(16-17)33-2/h3-5,7-10,13,15-16,22,24,29H,6,11-12,14H2,1-2H3,(H,26,28)/t22-,24-/m1/s1. The van der Waals surface area contributed by atoms with Gasteiger partial charge in [-0.15, -0.1) is 11.3 Å². The highest BCUT2D eigenvalue weighted by Crippen LogP contribution is 2.39. The molecule has 35 heavy (non-hydrogen) atoms. The lowest BCUT2D eigenvalue weighted by Crippen LogP contribution is -2.51. The Bertz CT molecular complexity index is 1270. The minimum atomic E-state index is -4.05. The first-order valence-corrected chi connectivity index (χ1v) is 13.5. The Morgan fingerprint density at radius 2 is 1.86 bits per heavy atom. The second kappa shape index (κ2) is 10.8. The summed E-state index contributed by atoms with van der Waals surface area (Å²) >= 11 is 1.55. The molecule has 1 aliphatic heterocycles. The fraction of sp³-hybridized carbons (Fsp3) is 0.320. The number of hydrogen-bond donors (Lipinski definition) is 2. The third kappa shape index (κ3) is 5.20. The minimum absolute atomic E-state index is 0.0610. The number of methoxy groups -OCH3 is 2. The van der Waals surface area contributed by atoms with E-state index in [9.17, 15) is 18.4 Å². The molecule has 0 spiro atoms. The summed E-state index contributed by atoms with van der Waals surface area (Å²) < 4.78 is 39.2. The van der Waals surface area contributed by atoms with E-state index in [1.165, 1.54) is 23.5 Å². The number of ether oxygens (including phenoxy) is 2. The Kier molecular flexibility index (Phi) is 7.75. The van der Waals surface area contributed by atoms with Crippen molar-refractivity contribution < 1.29 is 27.9 Å². The highest BCUT2D eigenvalue weighted by atomic mass is 32.2. The third-order valence-electron chi connectivity index (χ3n) is 6.35. The summed E-state index contributed by atoms with van der Waals surface area (Å²) in [7, 11) is -0.938. The van der Waals surface area contributed by atoms with E-state index in [1.807, 2.05) is 35.7 Å². The van der Waals surface area contributed by atoms with Crippen LogP contribution in [0, 0.1) is 0 Å². The van der Waals surface area contributed by atoms with Crippen LogP contribution in [0.25, 0.3) is 0 Å². The number of rotatable bonds is 8. The van der Waals surface area contributed by atoms with E-state index in [-0.39, 0.29) is 11.4 Å². The van der Waals surface area contributed by atoms with Gasteiger partial charge >= 0.3 is 0 Å². The van der Waals surface area contributed by atoms with Gasteiger partial charge in [0.1, 0.15) is 17.5 Å². The maximum atomic E-state index is 13.8. The molecule has 0 radical (unpaired) electrons. The van der Waals surface area contributed by atoms with Gasteiger partial charge in [0.2, 0.25) is 10.0 Å². The Morgan fingerprint density at radius 3 is 2.54 bits per heavy atom. The molecule has 0 unspecified atom stereocenters. The molecule has 0 fully saturated rings. The molecule has 1 amide bonds. The van der Waals surface area contributed by atoms with Crippen molar-refractivity contribution in [3.05, 3.63) is 76.0 Å². The van der Waals surface area contributed by atoms with Crippen LogP contribution in [-0.4, -0.2) is 50.6 Å². The second-order valence-electron chi connectivity index (χ2n) is 8.26. The van der Waals surface area contributed by atoms with Gasteiger partial charge < -0.3 is 9.47 Å². The number of nitrogens with one attached hydrogen (secondary N) is 1. The summed E-state index contributed by atoms with van der Waals surface area (Å²) in [6, 6.07) is 14.6. The predicted molar refractivity (Wildman–Crippen MR) is 133 cm³/mol. The Morgan fingerprint density at radius 1 is 1.11 bits per heavy atom. The second-order valence-corrected chi connectivity index (χ2v) is 11.1. The summed E-state index contributed by atoms with van der Waals surface area (Å²) in [5.41, 5.74) is 3.68. The molecular weight excluding hydrogens is 488 g/mol. The normalized spacial score (nSPS) is 18.4. The van der Waals surface area contributed by atoms with E-state index in [4.69, 9.17) is 9.47 Å². The van der Waals surface area contributed by atoms with Crippen molar-refractivity contribution in [2.45, 2.75) is 36.1 Å². The van der Waals surface area contributed by atoms with E-state index >= 15 is 0 Å². The maximum Gasteiger partial charge on any atom is 0.262 e. The van der Waals surface area contributed by atoms with Crippen LogP contribution < -0.4 is 15.0 Å². The maximum absolute atomic E-state index is 13.8. The van der Waals surface area contributed by atoms with Gasteiger partial charge in [-0.1, -0.05) is 12.1 Å². The number of hydroxylamine groups is 1. The van der Waals surface area contributed by atoms with Gasteiger partial charge in [-0.2, -0.15) is 4.31 Å². The van der Waals surface area contributed by atoms with Crippen LogP contribution in [0.5, 0.6) is 11.5 Å². The zero-order valence-corrected chi connectivity index (χ0v) is 21.1. The highest BCUT2D eigenvalue weighted by Gasteiger charge is 2.44. The van der Waals surface area contributed by atoms with Gasteiger partial charge in [0, 0.05) is 17.3 Å². The van der Waals surface area contributed by atoms with Crippen LogP contribution in [-0.2, 0) is 27.7 Å². The van der Waals surface area contributed by atoms with Gasteiger partial charge in [-0.25, -0.2) is 13.9 Å². The van der Waals surface area contributed by atoms with Crippen molar-refractivity contribution in [3.63, 3.8) is 0 Å². The first-order chi connectivity index (χ1) is 16.9. The third-order valence-corrected chi connectivity index (χ3v) is 9.24. The zero-order valence-electron chi connectivity index (χ0n) is 19.5. The predicted octanol–water partition coefficient (Wildman–Crippen LogP) is 3.60. The number of sulfonamides is 1. The lowest BCUT2D eigenvalue weighted by molar-refractivity contribution is -0.134. The molecule has 1 aliphatic rings. The quantitative estimate of drug-likeness (QED) is 0.350. The molecule has 1 aromatic heterocycles. The van der Waals surface area contributed by atoms with Gasteiger partial charge in [0.25, 0.3) is 5.91 Å². The minimum Gasteiger partial charge on any atom is -0.497 e. The largest absolute Gasteiger partial charge is 0.497 e. The smallest absolute Gasteiger partial charge is 0.262 e. The fourth-order valence-corrected chi connectivity index (χ4v) is 7.17. The lowest BCUT2D eigenvalue weighted by atomic mass is 9.86. The van der Waals surface area contributed by atoms with E-state index in [1.54, 1.807) is 36.1 Å². The van der Waals surface area contributed by atoms with Gasteiger partial charge in [0.15, 0.2) is 0 Å². The lowest BCUT2D eigenvalue weighted by Gasteiger charge is -2.33. The van der Waals surface area contributed by atoms with Crippen molar-refractivity contribution in [2.75, 3.05) is 20.8 Å². The number of amides is 1. The van der Waals surface area contributed by atoms with Crippen molar-refractivity contribution in [1.29, 1.82) is 0 Å². The van der Waals surface area contributed by atoms with E-state index < -0.39 is 27.9 Å². The topological polar surface area (TPSA) is 105 Å². The van der Waals surface area contributed by atoms with Crippen molar-refractivity contribution >= 4 is 27.3 Å². The van der Waals surface area contributed by atoms with Gasteiger partial charge in [-0.3, -0.25) is 10.0 Å². The van der Waals surface area contributed by atoms with Crippen LogP contribution in [0.1, 0.15) is 28.3 Å². The van der Waals surface area contributed by atoms with Crippen LogP contribution in [0.15, 0.2) is 64.9 Å². The van der Waals surface area contributed by atoms with Crippen LogP contribution in [0.3, 0.4) is 0 Å². The van der Waals surface area contributed by atoms with Crippen LogP contribution in [0.4, 0.5) is 0 Å². The number of hydrogen-bond acceptors (Lipinski definition) is 7. The summed E-state index contributed by atoms with van der Waals surface area (Å²) in [5.74, 6) is 0.0534. The SMILES string of the molecule is COc1ccc(S(=O)(=O)N2CCc3sccc3[C@@H](CCc3cccc(OC)c3)[C@@H]2C(=O)NO)cc1. The Labute approximate surface area is 209 Å². The van der Waals surface area contributed by atoms with Crippen molar-refractivity contribution in [1.82, 2.24) is 9.79 Å². The molecule has 0 saturated heterocycles. The number of carbonyl (C=O) groups excluding carboxylic acids is 1. The zero-order chi connectivity index (χ0) is 25.0. The average Bonchev–Trinajstić information content (AvgIpc) is 3.29. The molecule has 8 nitrogen and oxygen atoms in total. The van der Waals surface area contributed by atoms with E-state index in [0.717, 1.165) is 21.8 Å². The molecule has 2 atom stereocenters. The molecule has 2 aromatic carbocycles. The monoisotopic (exact) mass is 516 g/mol. The number of nitrogens with zero attached hydrogens (tertiary/aromatic N) is 1. The Balaban J connectivity index is 1.73. The first-order valence-electron chi connectivity index (χ1n) is 11.2. The Hall–Kier alpha value is -2.92. The van der Waals surface area contributed by atoms with Gasteiger partial charge in [0.05, 0.1) is 19.1 Å². The number of aryl methyl sites for hydroxylation is 1. The summed E-state index contributed by atoms with van der Waals surface area (Å²) in [5, 5.41) is 11.6. The average molecular weight is 517 g/mol. The molecular formula is C25H28N2O6S2. The summed E-state index contributed by atoms with van der Waals surface area (Å²) in [6.07, 6.45) is 1.58. The van der Waals surface area contributed by atoms with Crippen LogP contribution in [0.2, 0.25) is 0 Å².